The highest BCUT2D eigenvalue weighted by Crippen LogP contribution is 2.37. The molecule has 0 amide bonds. The Morgan fingerprint density at radius 1 is 1.21 bits per heavy atom. The highest BCUT2D eigenvalue weighted by atomic mass is 16.3. The van der Waals surface area contributed by atoms with Crippen molar-refractivity contribution in [3.8, 4) is 0 Å². The lowest BCUT2D eigenvalue weighted by atomic mass is 9.75. The van der Waals surface area contributed by atoms with Gasteiger partial charge in [0.1, 0.15) is 5.82 Å². The van der Waals surface area contributed by atoms with Gasteiger partial charge in [-0.2, -0.15) is 0 Å². The Hall–Kier alpha value is -1.09. The molecule has 1 aromatic heterocycles. The molecule has 0 radical (unpaired) electrons. The molecule has 3 heteroatoms. The van der Waals surface area contributed by atoms with Crippen molar-refractivity contribution in [2.75, 3.05) is 18.0 Å². The highest BCUT2D eigenvalue weighted by molar-refractivity contribution is 5.40. The SMILES string of the molecule is C[C@H](O)c1ccc(N2CCC3CCCCC3C2)nc1. The number of aromatic nitrogens is 1. The lowest BCUT2D eigenvalue weighted by Crippen LogP contribution is -2.42. The second kappa shape index (κ2) is 5.49. The third-order valence-electron chi connectivity index (χ3n) is 4.87. The molecule has 1 saturated heterocycles. The van der Waals surface area contributed by atoms with E-state index in [9.17, 15) is 5.11 Å². The van der Waals surface area contributed by atoms with E-state index in [0.29, 0.717) is 0 Å². The van der Waals surface area contributed by atoms with E-state index in [1.54, 1.807) is 6.92 Å². The quantitative estimate of drug-likeness (QED) is 0.887. The molecule has 3 nitrogen and oxygen atoms in total. The predicted molar refractivity (Wildman–Crippen MR) is 77.1 cm³/mol. The second-order valence-electron chi connectivity index (χ2n) is 6.17. The minimum atomic E-state index is -0.425. The van der Waals surface area contributed by atoms with E-state index in [-0.39, 0.29) is 0 Å². The van der Waals surface area contributed by atoms with Gasteiger partial charge in [-0.25, -0.2) is 4.98 Å². The number of anilines is 1. The molecule has 19 heavy (non-hydrogen) atoms. The van der Waals surface area contributed by atoms with Crippen LogP contribution in [-0.2, 0) is 0 Å². The van der Waals surface area contributed by atoms with Gasteiger partial charge in [-0.15, -0.1) is 0 Å². The first-order chi connectivity index (χ1) is 9.24. The largest absolute Gasteiger partial charge is 0.389 e. The Morgan fingerprint density at radius 2 is 2.00 bits per heavy atom. The van der Waals surface area contributed by atoms with Crippen LogP contribution in [0.25, 0.3) is 0 Å². The van der Waals surface area contributed by atoms with Gasteiger partial charge in [-0.1, -0.05) is 25.3 Å². The van der Waals surface area contributed by atoms with Crippen molar-refractivity contribution in [3.05, 3.63) is 23.9 Å². The molecule has 1 aliphatic heterocycles. The zero-order valence-corrected chi connectivity index (χ0v) is 11.8. The van der Waals surface area contributed by atoms with Gasteiger partial charge in [0.05, 0.1) is 6.10 Å². The monoisotopic (exact) mass is 260 g/mol. The highest BCUT2D eigenvalue weighted by Gasteiger charge is 2.31. The molecule has 3 atom stereocenters. The van der Waals surface area contributed by atoms with Crippen molar-refractivity contribution < 1.29 is 5.11 Å². The van der Waals surface area contributed by atoms with Gasteiger partial charge < -0.3 is 10.0 Å². The van der Waals surface area contributed by atoms with Crippen molar-refractivity contribution in [1.29, 1.82) is 0 Å². The van der Waals surface area contributed by atoms with Crippen LogP contribution in [0.3, 0.4) is 0 Å². The number of hydrogen-bond donors (Lipinski definition) is 1. The van der Waals surface area contributed by atoms with Gasteiger partial charge in [-0.05, 0) is 43.2 Å². The number of piperidine rings is 1. The maximum atomic E-state index is 9.53. The number of aliphatic hydroxyl groups is 1. The summed E-state index contributed by atoms with van der Waals surface area (Å²) in [5.41, 5.74) is 0.899. The zero-order chi connectivity index (χ0) is 13.2. The van der Waals surface area contributed by atoms with Crippen LogP contribution in [-0.4, -0.2) is 23.2 Å². The fraction of sp³-hybridized carbons (Fsp3) is 0.688. The first-order valence-electron chi connectivity index (χ1n) is 7.63. The van der Waals surface area contributed by atoms with Crippen molar-refractivity contribution >= 4 is 5.82 Å². The summed E-state index contributed by atoms with van der Waals surface area (Å²) < 4.78 is 0. The van der Waals surface area contributed by atoms with Crippen molar-refractivity contribution in [3.63, 3.8) is 0 Å². The molecule has 0 bridgehead atoms. The number of rotatable bonds is 2. The van der Waals surface area contributed by atoms with Gasteiger partial charge in [0.25, 0.3) is 0 Å². The number of aliphatic hydroxyl groups excluding tert-OH is 1. The predicted octanol–water partition coefficient (Wildman–Crippen LogP) is 3.15. The topological polar surface area (TPSA) is 36.4 Å². The molecule has 2 fully saturated rings. The maximum Gasteiger partial charge on any atom is 0.128 e. The van der Waals surface area contributed by atoms with Crippen LogP contribution >= 0.6 is 0 Å². The van der Waals surface area contributed by atoms with Gasteiger partial charge in [-0.3, -0.25) is 0 Å². The molecule has 1 N–H and O–H groups in total. The Kier molecular flexibility index (Phi) is 3.74. The Labute approximate surface area is 115 Å². The Bertz CT molecular complexity index is 415. The second-order valence-corrected chi connectivity index (χ2v) is 6.17. The van der Waals surface area contributed by atoms with Crippen LogP contribution in [0.4, 0.5) is 5.82 Å². The van der Waals surface area contributed by atoms with Crippen molar-refractivity contribution in [1.82, 2.24) is 4.98 Å². The van der Waals surface area contributed by atoms with Crippen molar-refractivity contribution in [2.45, 2.75) is 45.1 Å². The average molecular weight is 260 g/mol. The molecule has 3 rings (SSSR count). The van der Waals surface area contributed by atoms with Gasteiger partial charge in [0.2, 0.25) is 0 Å². The summed E-state index contributed by atoms with van der Waals surface area (Å²) in [5.74, 6) is 2.91. The molecule has 1 aliphatic carbocycles. The van der Waals surface area contributed by atoms with Crippen LogP contribution < -0.4 is 4.90 Å². The van der Waals surface area contributed by atoms with Crippen LogP contribution in [0.5, 0.6) is 0 Å². The number of nitrogens with zero attached hydrogens (tertiary/aromatic N) is 2. The van der Waals surface area contributed by atoms with Gasteiger partial charge >= 0.3 is 0 Å². The lowest BCUT2D eigenvalue weighted by Gasteiger charge is -2.41. The number of hydrogen-bond acceptors (Lipinski definition) is 3. The first-order valence-corrected chi connectivity index (χ1v) is 7.63. The molecule has 2 heterocycles. The Morgan fingerprint density at radius 3 is 2.68 bits per heavy atom. The molecule has 2 unspecified atom stereocenters. The summed E-state index contributed by atoms with van der Waals surface area (Å²) >= 11 is 0. The molecule has 104 valence electrons. The fourth-order valence-corrected chi connectivity index (χ4v) is 3.64. The summed E-state index contributed by atoms with van der Waals surface area (Å²) in [6, 6.07) is 4.06. The van der Waals surface area contributed by atoms with E-state index in [1.807, 2.05) is 12.3 Å². The maximum absolute atomic E-state index is 9.53. The van der Waals surface area contributed by atoms with E-state index in [2.05, 4.69) is 16.0 Å². The molecule has 1 saturated carbocycles. The van der Waals surface area contributed by atoms with Crippen LogP contribution in [0, 0.1) is 11.8 Å². The normalized spacial score (nSPS) is 28.8. The number of pyridine rings is 1. The minimum Gasteiger partial charge on any atom is -0.389 e. The summed E-state index contributed by atoms with van der Waals surface area (Å²) in [5, 5.41) is 9.53. The smallest absolute Gasteiger partial charge is 0.128 e. The lowest BCUT2D eigenvalue weighted by molar-refractivity contribution is 0.198. The zero-order valence-electron chi connectivity index (χ0n) is 11.8. The summed E-state index contributed by atoms with van der Waals surface area (Å²) in [6.45, 7) is 4.10. The average Bonchev–Trinajstić information content (AvgIpc) is 2.47. The number of fused-ring (bicyclic) bond motifs is 1. The fourth-order valence-electron chi connectivity index (χ4n) is 3.64. The molecular formula is C16H24N2O. The summed E-state index contributed by atoms with van der Waals surface area (Å²) in [6.07, 6.45) is 8.38. The standard InChI is InChI=1S/C16H24N2O/c1-12(19)14-6-7-16(17-10-14)18-9-8-13-4-2-3-5-15(13)11-18/h6-7,10,12-13,15,19H,2-5,8-9,11H2,1H3/t12-,13?,15?/m0/s1. The Balaban J connectivity index is 1.69. The molecule has 0 aromatic carbocycles. The van der Waals surface area contributed by atoms with Crippen molar-refractivity contribution in [2.24, 2.45) is 11.8 Å². The molecule has 2 aliphatic rings. The van der Waals surface area contributed by atoms with E-state index in [0.717, 1.165) is 29.8 Å². The minimum absolute atomic E-state index is 0.425. The molecule has 1 aromatic rings. The molecular weight excluding hydrogens is 236 g/mol. The van der Waals surface area contributed by atoms with E-state index < -0.39 is 6.10 Å². The summed E-state index contributed by atoms with van der Waals surface area (Å²) in [4.78, 5) is 6.96. The van der Waals surface area contributed by atoms with E-state index >= 15 is 0 Å². The summed E-state index contributed by atoms with van der Waals surface area (Å²) in [7, 11) is 0. The molecule has 0 spiro atoms. The third-order valence-corrected chi connectivity index (χ3v) is 4.87. The van der Waals surface area contributed by atoms with Crippen LogP contribution in [0.1, 0.15) is 50.7 Å². The van der Waals surface area contributed by atoms with Crippen LogP contribution in [0.15, 0.2) is 18.3 Å². The third kappa shape index (κ3) is 2.76. The van der Waals surface area contributed by atoms with Crippen LogP contribution in [0.2, 0.25) is 0 Å². The van der Waals surface area contributed by atoms with Gasteiger partial charge in [0.15, 0.2) is 0 Å². The van der Waals surface area contributed by atoms with E-state index in [1.165, 1.54) is 38.6 Å². The van der Waals surface area contributed by atoms with E-state index in [4.69, 9.17) is 0 Å². The first kappa shape index (κ1) is 12.9. The van der Waals surface area contributed by atoms with Gasteiger partial charge in [0, 0.05) is 19.3 Å².